The summed E-state index contributed by atoms with van der Waals surface area (Å²) in [6.45, 7) is 0.607. The Labute approximate surface area is 183 Å². The number of hydrogen-bond acceptors (Lipinski definition) is 3. The highest BCUT2D eigenvalue weighted by molar-refractivity contribution is 6.30. The second-order valence-corrected chi connectivity index (χ2v) is 7.69. The summed E-state index contributed by atoms with van der Waals surface area (Å²) in [5.74, 6) is -0.206. The fourth-order valence-corrected chi connectivity index (χ4v) is 3.70. The molecule has 1 heterocycles. The number of carbonyl (C=O) groups excluding carboxylic acids is 1. The second-order valence-electron chi connectivity index (χ2n) is 7.25. The minimum absolute atomic E-state index is 0.206. The SMILES string of the molecule is Cn1c(=O)c(=O)n(Cc2ccc(C(=O)NCc3cccc(Cl)c3)cc2)c2ccccc21. The summed E-state index contributed by atoms with van der Waals surface area (Å²) in [4.78, 5) is 37.3. The van der Waals surface area contributed by atoms with E-state index in [0.717, 1.165) is 11.1 Å². The molecule has 0 aliphatic rings. The van der Waals surface area contributed by atoms with Crippen LogP contribution in [0, 0.1) is 0 Å². The van der Waals surface area contributed by atoms with E-state index in [1.54, 1.807) is 49.5 Å². The molecule has 0 radical (unpaired) electrons. The Hall–Kier alpha value is -3.64. The summed E-state index contributed by atoms with van der Waals surface area (Å²) >= 11 is 5.97. The van der Waals surface area contributed by atoms with Crippen molar-refractivity contribution >= 4 is 28.5 Å². The Morgan fingerprint density at radius 1 is 0.871 bits per heavy atom. The van der Waals surface area contributed by atoms with E-state index in [4.69, 9.17) is 11.6 Å². The Morgan fingerprint density at radius 3 is 2.29 bits per heavy atom. The van der Waals surface area contributed by atoms with Gasteiger partial charge in [0.1, 0.15) is 0 Å². The Bertz CT molecular complexity index is 1390. The van der Waals surface area contributed by atoms with E-state index < -0.39 is 11.1 Å². The Kier molecular flexibility index (Phi) is 5.73. The van der Waals surface area contributed by atoms with Crippen molar-refractivity contribution in [3.05, 3.63) is 115 Å². The first kappa shape index (κ1) is 20.6. The number of amides is 1. The molecule has 0 atom stereocenters. The molecule has 156 valence electrons. The van der Waals surface area contributed by atoms with Gasteiger partial charge in [-0.1, -0.05) is 48.0 Å². The molecule has 1 amide bonds. The summed E-state index contributed by atoms with van der Waals surface area (Å²) in [6.07, 6.45) is 0. The van der Waals surface area contributed by atoms with Gasteiger partial charge < -0.3 is 9.88 Å². The number of benzene rings is 3. The van der Waals surface area contributed by atoms with E-state index in [1.807, 2.05) is 30.3 Å². The van der Waals surface area contributed by atoms with E-state index in [1.165, 1.54) is 9.13 Å². The maximum atomic E-state index is 12.6. The highest BCUT2D eigenvalue weighted by Crippen LogP contribution is 2.13. The van der Waals surface area contributed by atoms with Gasteiger partial charge in [0.15, 0.2) is 0 Å². The molecule has 1 aromatic heterocycles. The number of halogens is 1. The monoisotopic (exact) mass is 433 g/mol. The zero-order valence-corrected chi connectivity index (χ0v) is 17.6. The molecular weight excluding hydrogens is 414 g/mol. The lowest BCUT2D eigenvalue weighted by Crippen LogP contribution is -2.40. The van der Waals surface area contributed by atoms with Gasteiger partial charge in [0.05, 0.1) is 17.6 Å². The zero-order chi connectivity index (χ0) is 22.0. The second kappa shape index (κ2) is 8.62. The minimum Gasteiger partial charge on any atom is -0.348 e. The molecule has 31 heavy (non-hydrogen) atoms. The van der Waals surface area contributed by atoms with Crippen molar-refractivity contribution in [1.29, 1.82) is 0 Å². The van der Waals surface area contributed by atoms with Crippen LogP contribution in [-0.2, 0) is 20.1 Å². The molecule has 0 unspecified atom stereocenters. The number of rotatable bonds is 5. The van der Waals surface area contributed by atoms with Gasteiger partial charge in [-0.25, -0.2) is 0 Å². The number of para-hydroxylation sites is 2. The molecule has 0 bridgehead atoms. The smallest absolute Gasteiger partial charge is 0.317 e. The number of aromatic nitrogens is 2. The third kappa shape index (κ3) is 4.29. The van der Waals surface area contributed by atoms with Crippen molar-refractivity contribution < 1.29 is 4.79 Å². The van der Waals surface area contributed by atoms with Crippen LogP contribution in [0.15, 0.2) is 82.4 Å². The summed E-state index contributed by atoms with van der Waals surface area (Å²) in [6, 6.07) is 21.6. The van der Waals surface area contributed by atoms with E-state index in [9.17, 15) is 14.4 Å². The van der Waals surface area contributed by atoms with Gasteiger partial charge in [0, 0.05) is 24.2 Å². The van der Waals surface area contributed by atoms with Gasteiger partial charge in [-0.2, -0.15) is 0 Å². The van der Waals surface area contributed by atoms with Crippen LogP contribution in [0.1, 0.15) is 21.5 Å². The van der Waals surface area contributed by atoms with Crippen molar-refractivity contribution in [2.45, 2.75) is 13.1 Å². The van der Waals surface area contributed by atoms with Crippen LogP contribution in [0.4, 0.5) is 0 Å². The van der Waals surface area contributed by atoms with Crippen molar-refractivity contribution in [3.63, 3.8) is 0 Å². The van der Waals surface area contributed by atoms with Crippen LogP contribution in [-0.4, -0.2) is 15.0 Å². The first-order valence-electron chi connectivity index (χ1n) is 9.74. The Balaban J connectivity index is 1.54. The molecule has 7 heteroatoms. The molecule has 6 nitrogen and oxygen atoms in total. The number of aryl methyl sites for hydroxylation is 1. The summed E-state index contributed by atoms with van der Waals surface area (Å²) < 4.78 is 2.83. The highest BCUT2D eigenvalue weighted by Gasteiger charge is 2.11. The zero-order valence-electron chi connectivity index (χ0n) is 16.8. The predicted octanol–water partition coefficient (Wildman–Crippen LogP) is 3.33. The van der Waals surface area contributed by atoms with E-state index in [-0.39, 0.29) is 12.5 Å². The molecular formula is C24H20ClN3O3. The molecule has 3 aromatic carbocycles. The Morgan fingerprint density at radius 2 is 1.58 bits per heavy atom. The first-order chi connectivity index (χ1) is 14.9. The third-order valence-electron chi connectivity index (χ3n) is 5.17. The fraction of sp³-hybridized carbons (Fsp3) is 0.125. The van der Waals surface area contributed by atoms with Crippen LogP contribution in [0.2, 0.25) is 5.02 Å². The number of nitrogens with one attached hydrogen (secondary N) is 1. The first-order valence-corrected chi connectivity index (χ1v) is 10.1. The summed E-state index contributed by atoms with van der Waals surface area (Å²) in [5.41, 5.74) is 2.44. The summed E-state index contributed by atoms with van der Waals surface area (Å²) in [5, 5.41) is 3.48. The van der Waals surface area contributed by atoms with E-state index in [2.05, 4.69) is 5.32 Å². The summed E-state index contributed by atoms with van der Waals surface area (Å²) in [7, 11) is 1.59. The van der Waals surface area contributed by atoms with Gasteiger partial charge >= 0.3 is 11.1 Å². The number of fused-ring (bicyclic) bond motifs is 1. The lowest BCUT2D eigenvalue weighted by atomic mass is 10.1. The average Bonchev–Trinajstić information content (AvgIpc) is 2.79. The van der Waals surface area contributed by atoms with Crippen molar-refractivity contribution in [2.24, 2.45) is 7.05 Å². The van der Waals surface area contributed by atoms with Gasteiger partial charge in [-0.05, 0) is 47.5 Å². The van der Waals surface area contributed by atoms with E-state index >= 15 is 0 Å². The van der Waals surface area contributed by atoms with Gasteiger partial charge in [-0.15, -0.1) is 0 Å². The molecule has 0 spiro atoms. The van der Waals surface area contributed by atoms with Gasteiger partial charge in [0.25, 0.3) is 5.91 Å². The fourth-order valence-electron chi connectivity index (χ4n) is 3.49. The van der Waals surface area contributed by atoms with Gasteiger partial charge in [-0.3, -0.25) is 19.0 Å². The average molecular weight is 434 g/mol. The van der Waals surface area contributed by atoms with Crippen LogP contribution in [0.25, 0.3) is 11.0 Å². The van der Waals surface area contributed by atoms with Crippen molar-refractivity contribution in [1.82, 2.24) is 14.5 Å². The van der Waals surface area contributed by atoms with E-state index in [0.29, 0.717) is 28.2 Å². The normalized spacial score (nSPS) is 10.9. The van der Waals surface area contributed by atoms with Crippen LogP contribution in [0.3, 0.4) is 0 Å². The van der Waals surface area contributed by atoms with Gasteiger partial charge in [0.2, 0.25) is 0 Å². The van der Waals surface area contributed by atoms with Crippen LogP contribution < -0.4 is 16.4 Å². The van der Waals surface area contributed by atoms with Crippen LogP contribution in [0.5, 0.6) is 0 Å². The minimum atomic E-state index is -0.579. The molecule has 0 aliphatic heterocycles. The molecule has 0 aliphatic carbocycles. The highest BCUT2D eigenvalue weighted by atomic mass is 35.5. The molecule has 1 N–H and O–H groups in total. The standard InChI is InChI=1S/C24H20ClN3O3/c1-27-20-7-2-3-8-21(20)28(24(31)23(27)30)15-16-9-11-18(12-10-16)22(29)26-14-17-5-4-6-19(25)13-17/h2-13H,14-15H2,1H3,(H,26,29). The molecule has 0 saturated carbocycles. The largest absolute Gasteiger partial charge is 0.348 e. The molecule has 0 saturated heterocycles. The third-order valence-corrected chi connectivity index (χ3v) is 5.40. The lowest BCUT2D eigenvalue weighted by Gasteiger charge is -2.13. The number of nitrogens with zero attached hydrogens (tertiary/aromatic N) is 2. The number of carbonyl (C=O) groups is 1. The topological polar surface area (TPSA) is 73.1 Å². The molecule has 0 fully saturated rings. The van der Waals surface area contributed by atoms with Crippen molar-refractivity contribution in [2.75, 3.05) is 0 Å². The lowest BCUT2D eigenvalue weighted by molar-refractivity contribution is 0.0951. The maximum absolute atomic E-state index is 12.6. The maximum Gasteiger partial charge on any atom is 0.317 e. The van der Waals surface area contributed by atoms with Crippen LogP contribution >= 0.6 is 11.6 Å². The molecule has 4 rings (SSSR count). The molecule has 4 aromatic rings. The quantitative estimate of drug-likeness (QED) is 0.491. The number of hydrogen-bond donors (Lipinski definition) is 1. The van der Waals surface area contributed by atoms with Crippen molar-refractivity contribution in [3.8, 4) is 0 Å². The predicted molar refractivity (Wildman–Crippen MR) is 122 cm³/mol.